The van der Waals surface area contributed by atoms with Crippen molar-refractivity contribution in [3.05, 3.63) is 43.7 Å². The van der Waals surface area contributed by atoms with Gasteiger partial charge in [0.15, 0.2) is 11.5 Å². The monoisotopic (exact) mass is 401 g/mol. The zero-order chi connectivity index (χ0) is 14.1. The number of ether oxygens (including phenoxy) is 2. The van der Waals surface area contributed by atoms with Gasteiger partial charge in [-0.05, 0) is 57.3 Å². The maximum atomic E-state index is 6.34. The lowest BCUT2D eigenvalue weighted by Crippen LogP contribution is -2.12. The molecule has 0 saturated heterocycles. The molecule has 3 nitrogen and oxygen atoms in total. The third-order valence-electron chi connectivity index (χ3n) is 3.32. The van der Waals surface area contributed by atoms with Crippen LogP contribution in [0, 0.1) is 8.80 Å². The fourth-order valence-corrected chi connectivity index (χ4v) is 3.55. The van der Waals surface area contributed by atoms with Crippen LogP contribution >= 0.6 is 33.9 Å². The van der Waals surface area contributed by atoms with Crippen molar-refractivity contribution < 1.29 is 9.47 Å². The molecule has 2 N–H and O–H groups in total. The SMILES string of the molecule is CC1COc2ccc(C(N)c3csc(I)c3)cc2OC1. The molecule has 106 valence electrons. The average molecular weight is 401 g/mol. The topological polar surface area (TPSA) is 44.5 Å². The molecule has 0 fully saturated rings. The zero-order valence-electron chi connectivity index (χ0n) is 11.1. The number of hydrogen-bond donors (Lipinski definition) is 1. The molecule has 0 saturated carbocycles. The molecule has 0 radical (unpaired) electrons. The van der Waals surface area contributed by atoms with Crippen LogP contribution in [0.2, 0.25) is 0 Å². The fourth-order valence-electron chi connectivity index (χ4n) is 2.14. The van der Waals surface area contributed by atoms with Crippen LogP contribution in [0.1, 0.15) is 24.1 Å². The van der Waals surface area contributed by atoms with Gasteiger partial charge in [0.25, 0.3) is 0 Å². The average Bonchev–Trinajstić information content (AvgIpc) is 2.80. The van der Waals surface area contributed by atoms with Gasteiger partial charge >= 0.3 is 0 Å². The van der Waals surface area contributed by atoms with Crippen LogP contribution < -0.4 is 15.2 Å². The summed E-state index contributed by atoms with van der Waals surface area (Å²) in [5, 5.41) is 2.11. The molecule has 5 heteroatoms. The summed E-state index contributed by atoms with van der Waals surface area (Å²) in [6.45, 7) is 3.50. The van der Waals surface area contributed by atoms with Crippen molar-refractivity contribution in [3.8, 4) is 11.5 Å². The normalized spacial score (nSPS) is 19.4. The van der Waals surface area contributed by atoms with Crippen LogP contribution in [0.15, 0.2) is 29.6 Å². The van der Waals surface area contributed by atoms with Crippen molar-refractivity contribution in [2.24, 2.45) is 11.7 Å². The standard InChI is InChI=1S/C15H16INO2S/c1-9-6-18-12-3-2-10(4-13(12)19-7-9)15(17)11-5-14(16)20-8-11/h2-5,8-9,15H,6-7,17H2,1H3. The molecule has 0 spiro atoms. The molecule has 20 heavy (non-hydrogen) atoms. The molecule has 1 aliphatic heterocycles. The van der Waals surface area contributed by atoms with Crippen molar-refractivity contribution in [2.75, 3.05) is 13.2 Å². The van der Waals surface area contributed by atoms with Gasteiger partial charge in [-0.25, -0.2) is 0 Å². The van der Waals surface area contributed by atoms with E-state index in [0.717, 1.165) is 22.6 Å². The Hall–Kier alpha value is -0.790. The summed E-state index contributed by atoms with van der Waals surface area (Å²) < 4.78 is 12.8. The van der Waals surface area contributed by atoms with Crippen LogP contribution in [-0.4, -0.2) is 13.2 Å². The van der Waals surface area contributed by atoms with E-state index in [1.807, 2.05) is 18.2 Å². The van der Waals surface area contributed by atoms with Crippen molar-refractivity contribution in [2.45, 2.75) is 13.0 Å². The molecule has 2 aromatic rings. The van der Waals surface area contributed by atoms with E-state index < -0.39 is 0 Å². The van der Waals surface area contributed by atoms with Gasteiger partial charge in [-0.1, -0.05) is 13.0 Å². The number of hydrogen-bond acceptors (Lipinski definition) is 4. The third kappa shape index (κ3) is 2.94. The molecule has 1 aliphatic rings. The van der Waals surface area contributed by atoms with E-state index in [0.29, 0.717) is 19.1 Å². The minimum absolute atomic E-state index is 0.121. The molecule has 2 unspecified atom stereocenters. The first kappa shape index (κ1) is 14.2. The quantitative estimate of drug-likeness (QED) is 0.779. The molecule has 0 bridgehead atoms. The Morgan fingerprint density at radius 1 is 1.20 bits per heavy atom. The van der Waals surface area contributed by atoms with E-state index in [1.54, 1.807) is 11.3 Å². The van der Waals surface area contributed by atoms with E-state index in [9.17, 15) is 0 Å². The van der Waals surface area contributed by atoms with Gasteiger partial charge in [0.2, 0.25) is 0 Å². The Balaban J connectivity index is 1.88. The Bertz CT molecular complexity index is 614. The minimum atomic E-state index is -0.121. The number of halogens is 1. The molecular formula is C15H16INO2S. The zero-order valence-corrected chi connectivity index (χ0v) is 14.1. The number of benzene rings is 1. The van der Waals surface area contributed by atoms with Crippen molar-refractivity contribution >= 4 is 33.9 Å². The molecule has 2 atom stereocenters. The molecular weight excluding hydrogens is 385 g/mol. The van der Waals surface area contributed by atoms with E-state index in [2.05, 4.69) is 41.0 Å². The molecule has 3 rings (SSSR count). The Labute approximate surface area is 136 Å². The summed E-state index contributed by atoms with van der Waals surface area (Å²) in [7, 11) is 0. The minimum Gasteiger partial charge on any atom is -0.489 e. The summed E-state index contributed by atoms with van der Waals surface area (Å²) >= 11 is 4.02. The number of fused-ring (bicyclic) bond motifs is 1. The fraction of sp³-hybridized carbons (Fsp3) is 0.333. The summed E-state index contributed by atoms with van der Waals surface area (Å²) in [6.07, 6.45) is 0. The highest BCUT2D eigenvalue weighted by atomic mass is 127. The predicted molar refractivity (Wildman–Crippen MR) is 89.7 cm³/mol. The largest absolute Gasteiger partial charge is 0.489 e. The van der Waals surface area contributed by atoms with Gasteiger partial charge in [-0.2, -0.15) is 0 Å². The summed E-state index contributed by atoms with van der Waals surface area (Å²) in [5.41, 5.74) is 8.53. The van der Waals surface area contributed by atoms with Crippen molar-refractivity contribution in [1.82, 2.24) is 0 Å². The van der Waals surface area contributed by atoms with Crippen molar-refractivity contribution in [3.63, 3.8) is 0 Å². The Morgan fingerprint density at radius 3 is 2.65 bits per heavy atom. The second kappa shape index (κ2) is 5.91. The maximum Gasteiger partial charge on any atom is 0.161 e. The second-order valence-electron chi connectivity index (χ2n) is 5.10. The van der Waals surface area contributed by atoms with Crippen LogP contribution in [0.4, 0.5) is 0 Å². The summed E-state index contributed by atoms with van der Waals surface area (Å²) in [6, 6.07) is 7.99. The van der Waals surface area contributed by atoms with Gasteiger partial charge in [0.05, 0.1) is 22.1 Å². The Kier molecular flexibility index (Phi) is 4.18. The number of rotatable bonds is 2. The molecule has 1 aromatic carbocycles. The van der Waals surface area contributed by atoms with Gasteiger partial charge in [0, 0.05) is 5.92 Å². The first-order valence-electron chi connectivity index (χ1n) is 6.52. The van der Waals surface area contributed by atoms with E-state index >= 15 is 0 Å². The van der Waals surface area contributed by atoms with Crippen LogP contribution in [0.3, 0.4) is 0 Å². The second-order valence-corrected chi connectivity index (χ2v) is 7.90. The number of nitrogens with two attached hydrogens (primary N) is 1. The lowest BCUT2D eigenvalue weighted by Gasteiger charge is -2.14. The summed E-state index contributed by atoms with van der Waals surface area (Å²) in [4.78, 5) is 0. The molecule has 0 amide bonds. The van der Waals surface area contributed by atoms with Crippen molar-refractivity contribution in [1.29, 1.82) is 0 Å². The predicted octanol–water partition coefficient (Wildman–Crippen LogP) is 3.81. The van der Waals surface area contributed by atoms with Gasteiger partial charge < -0.3 is 15.2 Å². The number of thiophene rings is 1. The highest BCUT2D eigenvalue weighted by Crippen LogP contribution is 2.34. The highest BCUT2D eigenvalue weighted by molar-refractivity contribution is 14.1. The van der Waals surface area contributed by atoms with Crippen LogP contribution in [0.5, 0.6) is 11.5 Å². The summed E-state index contributed by atoms with van der Waals surface area (Å²) in [5.74, 6) is 2.01. The maximum absolute atomic E-state index is 6.34. The molecule has 0 aliphatic carbocycles. The first-order chi connectivity index (χ1) is 9.63. The molecule has 1 aromatic heterocycles. The highest BCUT2D eigenvalue weighted by Gasteiger charge is 2.18. The molecule has 2 heterocycles. The first-order valence-corrected chi connectivity index (χ1v) is 8.48. The third-order valence-corrected chi connectivity index (χ3v) is 5.13. The van der Waals surface area contributed by atoms with Gasteiger partial charge in [-0.15, -0.1) is 11.3 Å². The van der Waals surface area contributed by atoms with Crippen LogP contribution in [-0.2, 0) is 0 Å². The smallest absolute Gasteiger partial charge is 0.161 e. The van der Waals surface area contributed by atoms with Gasteiger partial charge in [0.1, 0.15) is 0 Å². The lowest BCUT2D eigenvalue weighted by atomic mass is 10.0. The van der Waals surface area contributed by atoms with E-state index in [4.69, 9.17) is 15.2 Å². The van der Waals surface area contributed by atoms with Crippen LogP contribution in [0.25, 0.3) is 0 Å². The van der Waals surface area contributed by atoms with E-state index in [1.165, 1.54) is 2.88 Å². The Morgan fingerprint density at radius 2 is 1.95 bits per heavy atom. The lowest BCUT2D eigenvalue weighted by molar-refractivity contribution is 0.228. The van der Waals surface area contributed by atoms with Gasteiger partial charge in [-0.3, -0.25) is 0 Å². The van der Waals surface area contributed by atoms with E-state index in [-0.39, 0.29) is 6.04 Å².